The van der Waals surface area contributed by atoms with Crippen LogP contribution in [0, 0.1) is 12.8 Å². The average molecular weight is 272 g/mol. The molecule has 0 radical (unpaired) electrons. The van der Waals surface area contributed by atoms with Gasteiger partial charge in [-0.3, -0.25) is 0 Å². The molecule has 1 aromatic rings. The number of benzene rings is 1. The van der Waals surface area contributed by atoms with E-state index >= 15 is 0 Å². The van der Waals surface area contributed by atoms with Crippen molar-refractivity contribution in [3.63, 3.8) is 0 Å². The van der Waals surface area contributed by atoms with E-state index in [0.717, 1.165) is 0 Å². The van der Waals surface area contributed by atoms with Gasteiger partial charge in [0, 0.05) is 18.8 Å². The fourth-order valence-electron chi connectivity index (χ4n) is 1.57. The molecule has 5 nitrogen and oxygen atoms in total. The van der Waals surface area contributed by atoms with Crippen LogP contribution in [-0.4, -0.2) is 26.7 Å². The summed E-state index contributed by atoms with van der Waals surface area (Å²) in [7, 11) is -3.54. The molecule has 0 aromatic heterocycles. The molecule has 0 bridgehead atoms. The molecule has 102 valence electrons. The van der Waals surface area contributed by atoms with E-state index < -0.39 is 10.0 Å². The van der Waals surface area contributed by atoms with Crippen molar-refractivity contribution in [2.45, 2.75) is 25.2 Å². The van der Waals surface area contributed by atoms with Crippen molar-refractivity contribution in [2.24, 2.45) is 5.92 Å². The normalized spacial score (nSPS) is 13.5. The molecule has 1 atom stereocenters. The van der Waals surface area contributed by atoms with Crippen LogP contribution in [0.3, 0.4) is 0 Å². The summed E-state index contributed by atoms with van der Waals surface area (Å²) in [4.78, 5) is 0.207. The van der Waals surface area contributed by atoms with Gasteiger partial charge in [-0.1, -0.05) is 13.0 Å². The zero-order valence-electron chi connectivity index (χ0n) is 10.7. The summed E-state index contributed by atoms with van der Waals surface area (Å²) in [6.45, 7) is 3.92. The smallest absolute Gasteiger partial charge is 0.240 e. The minimum Gasteiger partial charge on any atom is -0.398 e. The van der Waals surface area contributed by atoms with Gasteiger partial charge in [-0.25, -0.2) is 13.1 Å². The maximum Gasteiger partial charge on any atom is 0.240 e. The Bertz CT molecular complexity index is 500. The number of hydrogen-bond donors (Lipinski definition) is 3. The van der Waals surface area contributed by atoms with Crippen LogP contribution >= 0.6 is 0 Å². The summed E-state index contributed by atoms with van der Waals surface area (Å²) in [5, 5.41) is 8.77. The number of nitrogens with two attached hydrogens (primary N) is 1. The number of nitrogen functional groups attached to an aromatic ring is 1. The molecule has 0 aliphatic heterocycles. The molecule has 0 spiro atoms. The van der Waals surface area contributed by atoms with Gasteiger partial charge in [0.25, 0.3) is 0 Å². The van der Waals surface area contributed by atoms with Crippen LogP contribution in [0.15, 0.2) is 23.1 Å². The van der Waals surface area contributed by atoms with Crippen molar-refractivity contribution >= 4 is 15.7 Å². The average Bonchev–Trinajstić information content (AvgIpc) is 2.30. The molecular weight excluding hydrogens is 252 g/mol. The zero-order valence-corrected chi connectivity index (χ0v) is 11.5. The molecule has 0 saturated carbocycles. The Balaban J connectivity index is 2.84. The van der Waals surface area contributed by atoms with E-state index in [2.05, 4.69) is 4.72 Å². The second kappa shape index (κ2) is 6.17. The number of hydrogen-bond acceptors (Lipinski definition) is 4. The summed E-state index contributed by atoms with van der Waals surface area (Å²) in [6, 6.07) is 4.82. The molecule has 1 aromatic carbocycles. The van der Waals surface area contributed by atoms with Crippen LogP contribution in [0.25, 0.3) is 0 Å². The van der Waals surface area contributed by atoms with Gasteiger partial charge in [-0.05, 0) is 37.0 Å². The Morgan fingerprint density at radius 1 is 1.44 bits per heavy atom. The number of sulfonamides is 1. The summed E-state index contributed by atoms with van der Waals surface area (Å²) in [5.74, 6) is 0.0890. The molecule has 0 heterocycles. The van der Waals surface area contributed by atoms with Gasteiger partial charge in [0.15, 0.2) is 0 Å². The fourth-order valence-corrected chi connectivity index (χ4v) is 3.01. The van der Waals surface area contributed by atoms with Gasteiger partial charge >= 0.3 is 0 Å². The summed E-state index contributed by atoms with van der Waals surface area (Å²) >= 11 is 0. The molecule has 4 N–H and O–H groups in total. The standard InChI is InChI=1S/C12H20N2O3S/c1-9(6-7-15)8-14-18(16,17)12-5-3-4-11(13)10(12)2/h3-5,9,14-15H,6-8,13H2,1-2H3. The number of rotatable bonds is 6. The highest BCUT2D eigenvalue weighted by molar-refractivity contribution is 7.89. The lowest BCUT2D eigenvalue weighted by Gasteiger charge is -2.13. The molecule has 1 rings (SSSR count). The first-order valence-electron chi connectivity index (χ1n) is 5.84. The molecule has 0 aliphatic rings. The number of aliphatic hydroxyl groups excluding tert-OH is 1. The molecule has 18 heavy (non-hydrogen) atoms. The van der Waals surface area contributed by atoms with Gasteiger partial charge in [0.1, 0.15) is 0 Å². The van der Waals surface area contributed by atoms with E-state index in [9.17, 15) is 8.42 Å². The van der Waals surface area contributed by atoms with Crippen LogP contribution < -0.4 is 10.5 Å². The lowest BCUT2D eigenvalue weighted by Crippen LogP contribution is -2.29. The third-order valence-electron chi connectivity index (χ3n) is 2.86. The van der Waals surface area contributed by atoms with Crippen molar-refractivity contribution in [1.82, 2.24) is 4.72 Å². The van der Waals surface area contributed by atoms with E-state index in [-0.39, 0.29) is 17.4 Å². The fraction of sp³-hybridized carbons (Fsp3) is 0.500. The van der Waals surface area contributed by atoms with E-state index in [0.29, 0.717) is 24.2 Å². The van der Waals surface area contributed by atoms with Crippen LogP contribution in [0.4, 0.5) is 5.69 Å². The van der Waals surface area contributed by atoms with Crippen LogP contribution in [0.5, 0.6) is 0 Å². The molecule has 6 heteroatoms. The molecule has 0 saturated heterocycles. The van der Waals surface area contributed by atoms with Crippen molar-refractivity contribution in [3.8, 4) is 0 Å². The SMILES string of the molecule is Cc1c(N)cccc1S(=O)(=O)NCC(C)CCO. The topological polar surface area (TPSA) is 92.4 Å². The number of nitrogens with one attached hydrogen (secondary N) is 1. The molecule has 0 fully saturated rings. The van der Waals surface area contributed by atoms with Crippen LogP contribution in [-0.2, 0) is 10.0 Å². The van der Waals surface area contributed by atoms with Crippen molar-refractivity contribution in [1.29, 1.82) is 0 Å². The second-order valence-electron chi connectivity index (χ2n) is 4.44. The van der Waals surface area contributed by atoms with Crippen molar-refractivity contribution < 1.29 is 13.5 Å². The van der Waals surface area contributed by atoms with Crippen molar-refractivity contribution in [3.05, 3.63) is 23.8 Å². The molecule has 0 amide bonds. The van der Waals surface area contributed by atoms with E-state index in [1.807, 2.05) is 6.92 Å². The maximum absolute atomic E-state index is 12.1. The van der Waals surface area contributed by atoms with Crippen LogP contribution in [0.1, 0.15) is 18.9 Å². The van der Waals surface area contributed by atoms with E-state index in [1.54, 1.807) is 19.1 Å². The van der Waals surface area contributed by atoms with Crippen LogP contribution in [0.2, 0.25) is 0 Å². The summed E-state index contributed by atoms with van der Waals surface area (Å²) in [6.07, 6.45) is 0.568. The number of anilines is 1. The Hall–Kier alpha value is -1.11. The van der Waals surface area contributed by atoms with Gasteiger partial charge in [0.2, 0.25) is 10.0 Å². The predicted molar refractivity (Wildman–Crippen MR) is 71.6 cm³/mol. The lowest BCUT2D eigenvalue weighted by molar-refractivity contribution is 0.263. The highest BCUT2D eigenvalue weighted by atomic mass is 32.2. The highest BCUT2D eigenvalue weighted by Crippen LogP contribution is 2.20. The maximum atomic E-state index is 12.1. The highest BCUT2D eigenvalue weighted by Gasteiger charge is 2.18. The second-order valence-corrected chi connectivity index (χ2v) is 6.18. The minimum absolute atomic E-state index is 0.0558. The molecule has 1 unspecified atom stereocenters. The van der Waals surface area contributed by atoms with Gasteiger partial charge < -0.3 is 10.8 Å². The van der Waals surface area contributed by atoms with Crippen molar-refractivity contribution in [2.75, 3.05) is 18.9 Å². The first kappa shape index (κ1) is 14.9. The predicted octanol–water partition coefficient (Wildman–Crippen LogP) is 0.874. The third kappa shape index (κ3) is 3.69. The summed E-state index contributed by atoms with van der Waals surface area (Å²) < 4.78 is 26.7. The van der Waals surface area contributed by atoms with E-state index in [4.69, 9.17) is 10.8 Å². The quantitative estimate of drug-likeness (QED) is 0.670. The summed E-state index contributed by atoms with van der Waals surface area (Å²) in [5.41, 5.74) is 6.71. The Kier molecular flexibility index (Phi) is 5.13. The first-order valence-corrected chi connectivity index (χ1v) is 7.32. The third-order valence-corrected chi connectivity index (χ3v) is 4.43. The monoisotopic (exact) mass is 272 g/mol. The number of aliphatic hydroxyl groups is 1. The Morgan fingerprint density at radius 3 is 2.72 bits per heavy atom. The van der Waals surface area contributed by atoms with E-state index in [1.165, 1.54) is 6.07 Å². The van der Waals surface area contributed by atoms with Gasteiger partial charge in [-0.2, -0.15) is 0 Å². The van der Waals surface area contributed by atoms with Gasteiger partial charge in [0.05, 0.1) is 4.90 Å². The molecular formula is C12H20N2O3S. The Labute approximate surface area is 108 Å². The largest absolute Gasteiger partial charge is 0.398 e. The van der Waals surface area contributed by atoms with Gasteiger partial charge in [-0.15, -0.1) is 0 Å². The zero-order chi connectivity index (χ0) is 13.8. The Morgan fingerprint density at radius 2 is 2.11 bits per heavy atom. The first-order chi connectivity index (χ1) is 8.38. The molecule has 0 aliphatic carbocycles. The lowest BCUT2D eigenvalue weighted by atomic mass is 10.1. The minimum atomic E-state index is -3.54.